The van der Waals surface area contributed by atoms with Gasteiger partial charge in [-0.2, -0.15) is 0 Å². The normalized spacial score (nSPS) is 29.4. The van der Waals surface area contributed by atoms with Crippen LogP contribution in [0.2, 0.25) is 0 Å². The number of rotatable bonds is 3. The maximum Gasteiger partial charge on any atom is 0.330 e. The topological polar surface area (TPSA) is 134 Å². The van der Waals surface area contributed by atoms with Gasteiger partial charge in [-0.15, -0.1) is 0 Å². The summed E-state index contributed by atoms with van der Waals surface area (Å²) < 4.78 is 6.32. The van der Waals surface area contributed by atoms with E-state index in [2.05, 4.69) is 12.2 Å². The molecule has 1 aromatic rings. The van der Waals surface area contributed by atoms with Crippen molar-refractivity contribution in [3.05, 3.63) is 40.0 Å². The Balaban J connectivity index is 2.32. The van der Waals surface area contributed by atoms with Crippen molar-refractivity contribution in [3.8, 4) is 0 Å². The number of H-pyrrole nitrogens is 1. The first-order valence-electron chi connectivity index (χ1n) is 5.82. The number of nitrogens with one attached hydrogen (secondary N) is 2. The van der Waals surface area contributed by atoms with Gasteiger partial charge in [0, 0.05) is 19.2 Å². The average Bonchev–Trinajstić information content (AvgIpc) is 2.67. The molecule has 0 bridgehead atoms. The molecule has 1 saturated heterocycles. The van der Waals surface area contributed by atoms with Gasteiger partial charge in [0.25, 0.3) is 5.56 Å². The number of ether oxygens (including phenoxy) is 1. The average molecular weight is 284 g/mol. The van der Waals surface area contributed by atoms with Gasteiger partial charge < -0.3 is 20.3 Å². The molecular weight excluding hydrogens is 270 g/mol. The predicted molar refractivity (Wildman–Crippen MR) is 65.6 cm³/mol. The van der Waals surface area contributed by atoms with E-state index in [1.807, 2.05) is 4.98 Å². The number of aromatic nitrogens is 2. The van der Waals surface area contributed by atoms with Crippen molar-refractivity contribution in [3.63, 3.8) is 0 Å². The van der Waals surface area contributed by atoms with Crippen LogP contribution in [0.3, 0.4) is 0 Å². The van der Waals surface area contributed by atoms with E-state index in [1.54, 1.807) is 0 Å². The van der Waals surface area contributed by atoms with E-state index in [0.717, 1.165) is 16.8 Å². The van der Waals surface area contributed by atoms with E-state index in [-0.39, 0.29) is 0 Å². The van der Waals surface area contributed by atoms with E-state index >= 15 is 0 Å². The third-order valence-corrected chi connectivity index (χ3v) is 3.01. The predicted octanol–water partition coefficient (Wildman–Crippen LogP) is -2.89. The van der Waals surface area contributed by atoms with Crippen LogP contribution in [0.5, 0.6) is 0 Å². The molecule has 1 unspecified atom stereocenters. The number of hydrogen-bond acceptors (Lipinski definition) is 6. The zero-order chi connectivity index (χ0) is 14.9. The second-order valence-electron chi connectivity index (χ2n) is 4.35. The van der Waals surface area contributed by atoms with Crippen LogP contribution in [0.25, 0.3) is 0 Å². The number of amides is 1. The van der Waals surface area contributed by atoms with Crippen molar-refractivity contribution in [1.82, 2.24) is 14.9 Å². The summed E-state index contributed by atoms with van der Waals surface area (Å²) in [6.45, 7) is 2.66. The van der Waals surface area contributed by atoms with Crippen LogP contribution < -0.4 is 16.6 Å². The fourth-order valence-corrected chi connectivity index (χ4v) is 2.12. The summed E-state index contributed by atoms with van der Waals surface area (Å²) in [6, 6.07) is 0.187. The van der Waals surface area contributed by atoms with Crippen LogP contribution in [0.15, 0.2) is 21.9 Å². The summed E-state index contributed by atoms with van der Waals surface area (Å²) in [7, 11) is 0. The maximum absolute atomic E-state index is 11.7. The molecule has 1 radical (unpaired) electrons. The number of nitrogens with zero attached hydrogens (tertiary/aromatic N) is 1. The number of carbonyl (C=O) groups excluding carboxylic acids is 1. The quantitative estimate of drug-likeness (QED) is 0.470. The zero-order valence-corrected chi connectivity index (χ0v) is 10.4. The van der Waals surface area contributed by atoms with Gasteiger partial charge in [0.2, 0.25) is 5.91 Å². The minimum absolute atomic E-state index is 0.462. The molecule has 1 aromatic heterocycles. The smallest absolute Gasteiger partial charge is 0.330 e. The first kappa shape index (κ1) is 14.4. The van der Waals surface area contributed by atoms with Crippen molar-refractivity contribution in [1.29, 1.82) is 0 Å². The maximum atomic E-state index is 11.7. The molecule has 109 valence electrons. The first-order chi connectivity index (χ1) is 9.43. The van der Waals surface area contributed by atoms with Crippen molar-refractivity contribution >= 4 is 5.91 Å². The van der Waals surface area contributed by atoms with Crippen LogP contribution in [-0.4, -0.2) is 50.5 Å². The largest absolute Gasteiger partial charge is 0.394 e. The molecule has 1 amide bonds. The molecule has 9 heteroatoms. The molecule has 0 saturated carbocycles. The van der Waals surface area contributed by atoms with Gasteiger partial charge in [-0.3, -0.25) is 19.1 Å². The summed E-state index contributed by atoms with van der Waals surface area (Å²) in [6.07, 6.45) is -2.13. The number of aromatic amines is 1. The van der Waals surface area contributed by atoms with Crippen molar-refractivity contribution in [2.75, 3.05) is 6.61 Å². The van der Waals surface area contributed by atoms with E-state index in [0.29, 0.717) is 0 Å². The van der Waals surface area contributed by atoms with E-state index in [1.165, 1.54) is 0 Å². The second-order valence-corrected chi connectivity index (χ2v) is 4.35. The Bertz CT molecular complexity index is 609. The van der Waals surface area contributed by atoms with Gasteiger partial charge >= 0.3 is 5.69 Å². The fraction of sp³-hybridized carbons (Fsp3) is 0.455. The number of carbonyl (C=O) groups is 1. The van der Waals surface area contributed by atoms with Crippen molar-refractivity contribution < 1.29 is 19.7 Å². The third kappa shape index (κ3) is 2.64. The lowest BCUT2D eigenvalue weighted by molar-refractivity contribution is -0.118. The van der Waals surface area contributed by atoms with Crippen molar-refractivity contribution in [2.45, 2.75) is 24.5 Å². The lowest BCUT2D eigenvalue weighted by Crippen LogP contribution is -2.48. The molecule has 2 heterocycles. The Morgan fingerprint density at radius 1 is 1.55 bits per heavy atom. The van der Waals surface area contributed by atoms with Gasteiger partial charge in [-0.05, 0) is 0 Å². The Labute approximate surface area is 112 Å². The highest BCUT2D eigenvalue weighted by molar-refractivity contribution is 5.80. The molecule has 4 atom stereocenters. The molecular formula is C11H14N3O6. The van der Waals surface area contributed by atoms with Crippen molar-refractivity contribution in [2.24, 2.45) is 0 Å². The zero-order valence-electron chi connectivity index (χ0n) is 10.4. The highest BCUT2D eigenvalue weighted by atomic mass is 16.5. The van der Waals surface area contributed by atoms with Crippen LogP contribution in [0, 0.1) is 6.92 Å². The van der Waals surface area contributed by atoms with Crippen LogP contribution >= 0.6 is 0 Å². The molecule has 1 fully saturated rings. The molecule has 0 aliphatic carbocycles. The van der Waals surface area contributed by atoms with Gasteiger partial charge in [0.1, 0.15) is 12.2 Å². The van der Waals surface area contributed by atoms with Crippen LogP contribution in [0.1, 0.15) is 6.23 Å². The SMILES string of the molecule is [CH2]C(=O)NC1[C@@H](O)[C@H](n2ccc(=O)[nH]c2=O)O[C@@H]1CO. The van der Waals surface area contributed by atoms with Gasteiger partial charge in [0.05, 0.1) is 12.6 Å². The highest BCUT2D eigenvalue weighted by Gasteiger charge is 2.45. The van der Waals surface area contributed by atoms with Gasteiger partial charge in [-0.1, -0.05) is 0 Å². The number of aliphatic hydroxyl groups is 2. The molecule has 1 aliphatic heterocycles. The monoisotopic (exact) mass is 284 g/mol. The molecule has 1 aliphatic rings. The van der Waals surface area contributed by atoms with E-state index in [9.17, 15) is 24.6 Å². The van der Waals surface area contributed by atoms with Crippen LogP contribution in [-0.2, 0) is 9.53 Å². The Morgan fingerprint density at radius 2 is 2.25 bits per heavy atom. The lowest BCUT2D eigenvalue weighted by atomic mass is 10.1. The second kappa shape index (κ2) is 5.57. The summed E-state index contributed by atoms with van der Waals surface area (Å²) in [4.78, 5) is 35.6. The Hall–Kier alpha value is -1.97. The molecule has 0 aromatic carbocycles. The third-order valence-electron chi connectivity index (χ3n) is 3.01. The number of hydrogen-bond donors (Lipinski definition) is 4. The highest BCUT2D eigenvalue weighted by Crippen LogP contribution is 2.27. The van der Waals surface area contributed by atoms with Crippen LogP contribution in [0.4, 0.5) is 0 Å². The summed E-state index contributed by atoms with van der Waals surface area (Å²) in [5.74, 6) is -0.648. The summed E-state index contributed by atoms with van der Waals surface area (Å²) >= 11 is 0. The standard InChI is InChI=1S/C11H14N3O6/c1-5(16)12-8-6(4-15)20-10(9(8)18)14-3-2-7(17)13-11(14)19/h2-3,6,8-10,15,18H,1,4H2,(H,12,16)(H,13,17,19)/t6-,8?,9-,10-/m1/s1. The van der Waals surface area contributed by atoms with E-state index in [4.69, 9.17) is 4.74 Å². The fourth-order valence-electron chi connectivity index (χ4n) is 2.12. The van der Waals surface area contributed by atoms with E-state index < -0.39 is 48.2 Å². The lowest BCUT2D eigenvalue weighted by Gasteiger charge is -2.19. The molecule has 2 rings (SSSR count). The Kier molecular flexibility index (Phi) is 4.02. The number of aliphatic hydroxyl groups excluding tert-OH is 2. The summed E-state index contributed by atoms with van der Waals surface area (Å²) in [5, 5.41) is 21.7. The molecule has 20 heavy (non-hydrogen) atoms. The first-order valence-corrected chi connectivity index (χ1v) is 5.82. The minimum Gasteiger partial charge on any atom is -0.394 e. The molecule has 0 spiro atoms. The van der Waals surface area contributed by atoms with Gasteiger partial charge in [-0.25, -0.2) is 4.79 Å². The minimum atomic E-state index is -1.28. The molecule has 4 N–H and O–H groups in total. The summed E-state index contributed by atoms with van der Waals surface area (Å²) in [5.41, 5.74) is -1.35. The Morgan fingerprint density at radius 3 is 2.80 bits per heavy atom. The van der Waals surface area contributed by atoms with Gasteiger partial charge in [0.15, 0.2) is 6.23 Å². The molecule has 9 nitrogen and oxygen atoms in total.